The lowest BCUT2D eigenvalue weighted by Gasteiger charge is -2.37. The molecule has 1 saturated heterocycles. The molecule has 63 heavy (non-hydrogen) atoms. The Balaban J connectivity index is 1.88. The molecule has 0 saturated carbocycles. The molecule has 7 atom stereocenters. The van der Waals surface area contributed by atoms with Gasteiger partial charge in [-0.05, 0) is 86.9 Å². The maximum Gasteiger partial charge on any atom is 0.524 e. The van der Waals surface area contributed by atoms with Crippen LogP contribution in [0.25, 0.3) is 0 Å². The van der Waals surface area contributed by atoms with Gasteiger partial charge in [-0.1, -0.05) is 53.5 Å². The van der Waals surface area contributed by atoms with Gasteiger partial charge in [-0.25, -0.2) is 9.55 Å². The SMILES string of the molecule is CC[C@H](C)C(CC(=O)[C@H]1CCCCN1C)C(=O)N(C)[C@H](C[C@@H](OC(C)=O)c1nc(C(=O)C[C@@H](Cc2ccc(OP(=O)(O)O)c(NC(=O)CCCS)c2)CC(C)C(=O)O)cs1)C(C)C. The van der Waals surface area contributed by atoms with Gasteiger partial charge in [-0.2, -0.15) is 12.6 Å². The van der Waals surface area contributed by atoms with E-state index in [1.165, 1.54) is 32.0 Å². The van der Waals surface area contributed by atoms with Crippen LogP contribution in [-0.2, 0) is 39.7 Å². The molecule has 352 valence electrons. The summed E-state index contributed by atoms with van der Waals surface area (Å²) in [5.41, 5.74) is 0.637. The molecule has 3 rings (SSSR count). The number of thiol groups is 1. The number of Topliss-reactive ketones (excluding diaryl/α,β-unsaturated/α-hetero) is 2. The number of likely N-dealkylation sites (N-methyl/N-ethyl adjacent to an activating group) is 1. The van der Waals surface area contributed by atoms with Crippen molar-refractivity contribution in [2.45, 2.75) is 130 Å². The average molecular weight is 939 g/mol. The van der Waals surface area contributed by atoms with Crippen LogP contribution in [0.4, 0.5) is 5.69 Å². The van der Waals surface area contributed by atoms with E-state index < -0.39 is 55.6 Å². The Bertz CT molecular complexity index is 1940. The molecule has 19 heteroatoms. The summed E-state index contributed by atoms with van der Waals surface area (Å²) in [6.45, 7) is 11.6. The molecule has 4 N–H and O–H groups in total. The number of aliphatic carboxylic acids is 1. The van der Waals surface area contributed by atoms with Gasteiger partial charge >= 0.3 is 19.8 Å². The second-order valence-electron chi connectivity index (χ2n) is 17.3. The predicted octanol–water partition coefficient (Wildman–Crippen LogP) is 7.39. The van der Waals surface area contributed by atoms with Gasteiger partial charge in [0.05, 0.1) is 17.6 Å². The second-order valence-corrected chi connectivity index (χ2v) is 19.8. The van der Waals surface area contributed by atoms with Crippen LogP contribution in [0.15, 0.2) is 23.6 Å². The van der Waals surface area contributed by atoms with Crippen LogP contribution in [-0.4, -0.2) is 103 Å². The number of thiazole rings is 1. The highest BCUT2D eigenvalue weighted by molar-refractivity contribution is 7.80. The van der Waals surface area contributed by atoms with Crippen LogP contribution in [0.3, 0.4) is 0 Å². The molecule has 0 aliphatic carbocycles. The van der Waals surface area contributed by atoms with Crippen LogP contribution in [0.1, 0.15) is 133 Å². The molecule has 2 unspecified atom stereocenters. The first-order valence-corrected chi connectivity index (χ1v) is 24.8. The third-order valence-corrected chi connectivity index (χ3v) is 13.6. The number of carbonyl (C=O) groups is 6. The molecule has 1 aliphatic heterocycles. The molecule has 2 aromatic rings. The number of hydrogen-bond donors (Lipinski definition) is 5. The first kappa shape index (κ1) is 53.7. The van der Waals surface area contributed by atoms with Crippen LogP contribution >= 0.6 is 31.8 Å². The van der Waals surface area contributed by atoms with Gasteiger partial charge in [0.1, 0.15) is 10.7 Å². The number of piperidine rings is 1. The van der Waals surface area contributed by atoms with Gasteiger partial charge in [0.15, 0.2) is 23.4 Å². The lowest BCUT2D eigenvalue weighted by atomic mass is 9.83. The number of carboxylic acids is 1. The minimum atomic E-state index is -5.00. The van der Waals surface area contributed by atoms with Gasteiger partial charge in [0, 0.05) is 57.0 Å². The fourth-order valence-electron chi connectivity index (χ4n) is 8.14. The lowest BCUT2D eigenvalue weighted by Crippen LogP contribution is -2.48. The van der Waals surface area contributed by atoms with Crippen molar-refractivity contribution in [2.75, 3.05) is 31.7 Å². The molecule has 0 radical (unpaired) electrons. The summed E-state index contributed by atoms with van der Waals surface area (Å²) in [6.07, 6.45) is 3.59. The molecule has 1 fully saturated rings. The van der Waals surface area contributed by atoms with Gasteiger partial charge in [-0.15, -0.1) is 11.3 Å². The van der Waals surface area contributed by atoms with Crippen molar-refractivity contribution in [2.24, 2.45) is 29.6 Å². The second kappa shape index (κ2) is 25.1. The van der Waals surface area contributed by atoms with Gasteiger partial charge in [-0.3, -0.25) is 43.5 Å². The highest BCUT2D eigenvalue weighted by Gasteiger charge is 2.38. The Morgan fingerprint density at radius 1 is 1.08 bits per heavy atom. The normalized spacial score (nSPS) is 17.5. The number of carboxylic acid groups (broad SMARTS) is 1. The maximum atomic E-state index is 14.3. The molecule has 16 nitrogen and oxygen atoms in total. The van der Waals surface area contributed by atoms with E-state index in [0.29, 0.717) is 29.2 Å². The van der Waals surface area contributed by atoms with E-state index in [1.807, 2.05) is 34.7 Å². The molecule has 2 amide bonds. The number of benzene rings is 1. The maximum absolute atomic E-state index is 14.3. The highest BCUT2D eigenvalue weighted by Crippen LogP contribution is 2.42. The number of carbonyl (C=O) groups excluding carboxylic acids is 5. The molecule has 1 aliphatic rings. The molecule has 1 aromatic heterocycles. The first-order valence-electron chi connectivity index (χ1n) is 21.7. The Labute approximate surface area is 380 Å². The van der Waals surface area contributed by atoms with E-state index in [0.717, 1.165) is 37.1 Å². The number of ketones is 2. The molecular formula is C44H67N4O12PS2. The van der Waals surface area contributed by atoms with E-state index in [4.69, 9.17) is 9.26 Å². The summed E-state index contributed by atoms with van der Waals surface area (Å²) in [6, 6.07) is 3.65. The highest BCUT2D eigenvalue weighted by atomic mass is 32.1. The molecule has 2 heterocycles. The van der Waals surface area contributed by atoms with Gasteiger partial charge in [0.2, 0.25) is 11.8 Å². The van der Waals surface area contributed by atoms with Crippen LogP contribution in [0.2, 0.25) is 0 Å². The van der Waals surface area contributed by atoms with Gasteiger partial charge in [0.25, 0.3) is 0 Å². The quantitative estimate of drug-likeness (QED) is 0.0268. The van der Waals surface area contributed by atoms with Crippen LogP contribution in [0, 0.1) is 29.6 Å². The molecule has 0 spiro atoms. The van der Waals surface area contributed by atoms with Crippen molar-refractivity contribution >= 4 is 72.8 Å². The number of ether oxygens (including phenoxy) is 1. The Hall–Kier alpha value is -3.67. The number of nitrogens with zero attached hydrogens (tertiary/aromatic N) is 3. The zero-order valence-corrected chi connectivity index (χ0v) is 40.4. The number of amides is 2. The Kier molecular flexibility index (Phi) is 21.4. The Morgan fingerprint density at radius 3 is 2.37 bits per heavy atom. The topological polar surface area (TPSA) is 230 Å². The monoisotopic (exact) mass is 938 g/mol. The first-order chi connectivity index (χ1) is 29.5. The molecular weight excluding hydrogens is 872 g/mol. The van der Waals surface area contributed by atoms with Gasteiger partial charge < -0.3 is 24.6 Å². The number of nitrogens with one attached hydrogen (secondary N) is 1. The van der Waals surface area contributed by atoms with E-state index in [9.17, 15) is 48.2 Å². The van der Waals surface area contributed by atoms with Crippen molar-refractivity contribution < 1.29 is 57.5 Å². The van der Waals surface area contributed by atoms with Crippen molar-refractivity contribution in [3.8, 4) is 5.75 Å². The van der Waals surface area contributed by atoms with Crippen LogP contribution < -0.4 is 9.84 Å². The van der Waals surface area contributed by atoms with E-state index >= 15 is 0 Å². The Morgan fingerprint density at radius 2 is 1.78 bits per heavy atom. The largest absolute Gasteiger partial charge is 0.524 e. The number of anilines is 1. The summed E-state index contributed by atoms with van der Waals surface area (Å²) in [5, 5.41) is 14.3. The fourth-order valence-corrected chi connectivity index (χ4v) is 9.57. The third-order valence-electron chi connectivity index (χ3n) is 11.9. The van der Waals surface area contributed by atoms with E-state index in [1.54, 1.807) is 17.3 Å². The summed E-state index contributed by atoms with van der Waals surface area (Å²) in [7, 11) is -1.32. The fraction of sp³-hybridized carbons (Fsp3) is 0.659. The van der Waals surface area contributed by atoms with Crippen molar-refractivity contribution in [3.63, 3.8) is 0 Å². The minimum Gasteiger partial charge on any atom is -0.481 e. The molecule has 1 aromatic carbocycles. The zero-order valence-electron chi connectivity index (χ0n) is 37.8. The summed E-state index contributed by atoms with van der Waals surface area (Å²) < 4.78 is 22.3. The summed E-state index contributed by atoms with van der Waals surface area (Å²) in [5.74, 6) is -4.41. The van der Waals surface area contributed by atoms with E-state index in [-0.39, 0.29) is 91.0 Å². The number of esters is 1. The zero-order chi connectivity index (χ0) is 47.2. The summed E-state index contributed by atoms with van der Waals surface area (Å²) >= 11 is 5.25. The number of aromatic nitrogens is 1. The third kappa shape index (κ3) is 17.0. The lowest BCUT2D eigenvalue weighted by molar-refractivity contribution is -0.149. The number of rotatable bonds is 26. The number of phosphoric ester groups is 1. The smallest absolute Gasteiger partial charge is 0.481 e. The standard InChI is InChI=1S/C44H67N4O12PS2/c1-9-27(4)32(23-38(51)35-13-10-11-17-47(35)7)43(53)48(8)36(26(2)3)24-40(59-29(6)49)42-46-34(25-63-42)37(50)22-31(19-28(5)44(54)55)20-30-15-16-39(60-61(56,57)58)33(21-30)45-41(52)14-12-18-62/h15-16,21,25-28,31-32,35-36,40,62H,9-14,17-20,22-24H2,1-8H3,(H,45,52)(H,54,55)(H2,56,57,58)/t27-,28?,31+,32?,35+,36+,40+/m0/s1. The summed E-state index contributed by atoms with van der Waals surface area (Å²) in [4.78, 5) is 106. The van der Waals surface area contributed by atoms with Crippen molar-refractivity contribution in [1.82, 2.24) is 14.8 Å². The van der Waals surface area contributed by atoms with E-state index in [2.05, 4.69) is 27.8 Å². The molecule has 0 bridgehead atoms. The van der Waals surface area contributed by atoms with Crippen LogP contribution in [0.5, 0.6) is 5.75 Å². The number of hydrogen-bond acceptors (Lipinski definition) is 13. The minimum absolute atomic E-state index is 0.000200. The average Bonchev–Trinajstić information content (AvgIpc) is 3.71. The number of phosphoric acid groups is 1. The number of likely N-dealkylation sites (tertiary alicyclic amines) is 1. The van der Waals surface area contributed by atoms with Crippen molar-refractivity contribution in [3.05, 3.63) is 39.8 Å². The predicted molar refractivity (Wildman–Crippen MR) is 244 cm³/mol. The van der Waals surface area contributed by atoms with Crippen molar-refractivity contribution in [1.29, 1.82) is 0 Å².